The van der Waals surface area contributed by atoms with Gasteiger partial charge in [0.05, 0.1) is 12.7 Å². The fourth-order valence-electron chi connectivity index (χ4n) is 1.95. The summed E-state index contributed by atoms with van der Waals surface area (Å²) < 4.78 is 5.14. The number of para-hydroxylation sites is 1. The number of piperidine rings is 1. The molecule has 1 fully saturated rings. The zero-order valence-electron chi connectivity index (χ0n) is 10.2. The van der Waals surface area contributed by atoms with Crippen molar-refractivity contribution in [1.82, 2.24) is 10.6 Å². The Morgan fingerprint density at radius 1 is 1.44 bits per heavy atom. The van der Waals surface area contributed by atoms with E-state index in [4.69, 9.17) is 4.74 Å². The first-order chi connectivity index (χ1) is 8.70. The minimum absolute atomic E-state index is 0.0138. The van der Waals surface area contributed by atoms with E-state index in [-0.39, 0.29) is 17.9 Å². The minimum atomic E-state index is -0.173. The molecule has 1 saturated heterocycles. The van der Waals surface area contributed by atoms with E-state index in [9.17, 15) is 9.59 Å². The monoisotopic (exact) mass is 248 g/mol. The van der Waals surface area contributed by atoms with Crippen molar-refractivity contribution in [2.24, 2.45) is 0 Å². The van der Waals surface area contributed by atoms with E-state index in [1.165, 1.54) is 7.11 Å². The fourth-order valence-corrected chi connectivity index (χ4v) is 1.95. The highest BCUT2D eigenvalue weighted by Crippen LogP contribution is 2.17. The van der Waals surface area contributed by atoms with Crippen LogP contribution in [0.25, 0.3) is 0 Å². The molecule has 0 bridgehead atoms. The molecule has 0 aliphatic carbocycles. The predicted octanol–water partition coefficient (Wildman–Crippen LogP) is 0.704. The summed E-state index contributed by atoms with van der Waals surface area (Å²) in [4.78, 5) is 23.1. The second kappa shape index (κ2) is 5.53. The van der Waals surface area contributed by atoms with E-state index in [0.717, 1.165) is 0 Å². The summed E-state index contributed by atoms with van der Waals surface area (Å²) in [7, 11) is 1.53. The van der Waals surface area contributed by atoms with E-state index in [1.807, 2.05) is 6.07 Å². The molecule has 96 valence electrons. The molecule has 1 aromatic rings. The molecule has 0 spiro atoms. The molecule has 18 heavy (non-hydrogen) atoms. The zero-order valence-corrected chi connectivity index (χ0v) is 10.2. The second-order valence-corrected chi connectivity index (χ2v) is 4.21. The summed E-state index contributed by atoms with van der Waals surface area (Å²) in [5.74, 6) is 0.418. The molecule has 1 atom stereocenters. The topological polar surface area (TPSA) is 67.4 Å². The Hall–Kier alpha value is -2.04. The highest BCUT2D eigenvalue weighted by Gasteiger charge is 2.21. The predicted molar refractivity (Wildman–Crippen MR) is 66.5 cm³/mol. The van der Waals surface area contributed by atoms with Gasteiger partial charge in [-0.05, 0) is 18.6 Å². The maximum Gasteiger partial charge on any atom is 0.255 e. The number of amides is 2. The maximum atomic E-state index is 12.1. The first-order valence-electron chi connectivity index (χ1n) is 5.91. The molecule has 2 rings (SSSR count). The van der Waals surface area contributed by atoms with Gasteiger partial charge in [-0.2, -0.15) is 0 Å². The van der Waals surface area contributed by atoms with E-state index in [2.05, 4.69) is 10.6 Å². The van der Waals surface area contributed by atoms with Crippen LogP contribution >= 0.6 is 0 Å². The Labute approximate surface area is 106 Å². The van der Waals surface area contributed by atoms with E-state index in [0.29, 0.717) is 30.7 Å². The highest BCUT2D eigenvalue weighted by molar-refractivity contribution is 5.97. The molecule has 5 nitrogen and oxygen atoms in total. The van der Waals surface area contributed by atoms with Gasteiger partial charge in [-0.3, -0.25) is 9.59 Å². The third-order valence-corrected chi connectivity index (χ3v) is 2.95. The van der Waals surface area contributed by atoms with E-state index >= 15 is 0 Å². The number of hydrogen-bond acceptors (Lipinski definition) is 3. The van der Waals surface area contributed by atoms with Crippen molar-refractivity contribution in [2.45, 2.75) is 18.9 Å². The number of rotatable bonds is 3. The van der Waals surface area contributed by atoms with Crippen molar-refractivity contribution in [3.05, 3.63) is 29.8 Å². The average Bonchev–Trinajstić information content (AvgIpc) is 2.41. The molecule has 1 heterocycles. The molecule has 2 amide bonds. The number of ether oxygens (including phenoxy) is 1. The fraction of sp³-hybridized carbons (Fsp3) is 0.385. The molecular formula is C13H16N2O3. The summed E-state index contributed by atoms with van der Waals surface area (Å²) in [6.07, 6.45) is 1.13. The third-order valence-electron chi connectivity index (χ3n) is 2.95. The van der Waals surface area contributed by atoms with Crippen LogP contribution in [0.1, 0.15) is 23.2 Å². The summed E-state index contributed by atoms with van der Waals surface area (Å²) in [5.41, 5.74) is 0.511. The molecule has 1 aromatic carbocycles. The van der Waals surface area contributed by atoms with Crippen LogP contribution in [0.3, 0.4) is 0 Å². The number of carbonyl (C=O) groups excluding carboxylic acids is 2. The molecule has 5 heteroatoms. The zero-order chi connectivity index (χ0) is 13.0. The van der Waals surface area contributed by atoms with Gasteiger partial charge in [0.15, 0.2) is 0 Å². The van der Waals surface area contributed by atoms with Gasteiger partial charge >= 0.3 is 0 Å². The number of hydrogen-bond donors (Lipinski definition) is 2. The second-order valence-electron chi connectivity index (χ2n) is 4.21. The average molecular weight is 248 g/mol. The number of carbonyl (C=O) groups is 2. The quantitative estimate of drug-likeness (QED) is 0.827. The molecule has 0 radical (unpaired) electrons. The lowest BCUT2D eigenvalue weighted by atomic mass is 10.1. The molecule has 0 saturated carbocycles. The highest BCUT2D eigenvalue weighted by atomic mass is 16.5. The van der Waals surface area contributed by atoms with Crippen LogP contribution < -0.4 is 15.4 Å². The molecule has 1 aliphatic heterocycles. The van der Waals surface area contributed by atoms with Gasteiger partial charge in [0, 0.05) is 19.0 Å². The SMILES string of the molecule is COc1ccccc1C(=O)NC1CCC(=O)NC1. The lowest BCUT2D eigenvalue weighted by molar-refractivity contribution is -0.122. The lowest BCUT2D eigenvalue weighted by Gasteiger charge is -2.23. The summed E-state index contributed by atoms with van der Waals surface area (Å²) in [5, 5.41) is 5.63. The van der Waals surface area contributed by atoms with Crippen molar-refractivity contribution in [3.63, 3.8) is 0 Å². The van der Waals surface area contributed by atoms with Crippen LogP contribution in [0, 0.1) is 0 Å². The third kappa shape index (κ3) is 2.80. The molecule has 0 aromatic heterocycles. The Kier molecular flexibility index (Phi) is 3.82. The van der Waals surface area contributed by atoms with Crippen LogP contribution in [0.2, 0.25) is 0 Å². The Morgan fingerprint density at radius 2 is 2.22 bits per heavy atom. The van der Waals surface area contributed by atoms with Gasteiger partial charge in [0.25, 0.3) is 5.91 Å². The molecule has 2 N–H and O–H groups in total. The van der Waals surface area contributed by atoms with Crippen LogP contribution in [-0.4, -0.2) is 31.5 Å². The summed E-state index contributed by atoms with van der Waals surface area (Å²) in [6, 6.07) is 7.06. The van der Waals surface area contributed by atoms with Crippen molar-refractivity contribution < 1.29 is 14.3 Å². The standard InChI is InChI=1S/C13H16N2O3/c1-18-11-5-3-2-4-10(11)13(17)15-9-6-7-12(16)14-8-9/h2-5,9H,6-8H2,1H3,(H,14,16)(H,15,17). The van der Waals surface area contributed by atoms with Crippen LogP contribution in [0.5, 0.6) is 5.75 Å². The minimum Gasteiger partial charge on any atom is -0.496 e. The number of benzene rings is 1. The first-order valence-corrected chi connectivity index (χ1v) is 5.91. The van der Waals surface area contributed by atoms with Gasteiger partial charge in [-0.15, -0.1) is 0 Å². The Bertz CT molecular complexity index is 449. The maximum absolute atomic E-state index is 12.1. The van der Waals surface area contributed by atoms with Gasteiger partial charge < -0.3 is 15.4 Å². The van der Waals surface area contributed by atoms with E-state index in [1.54, 1.807) is 18.2 Å². The number of nitrogens with one attached hydrogen (secondary N) is 2. The lowest BCUT2D eigenvalue weighted by Crippen LogP contribution is -2.47. The van der Waals surface area contributed by atoms with Gasteiger partial charge in [0.1, 0.15) is 5.75 Å². The molecule has 1 aliphatic rings. The molecule has 1 unspecified atom stereocenters. The van der Waals surface area contributed by atoms with Crippen molar-refractivity contribution >= 4 is 11.8 Å². The van der Waals surface area contributed by atoms with Crippen LogP contribution in [0.4, 0.5) is 0 Å². The first kappa shape index (κ1) is 12.4. The van der Waals surface area contributed by atoms with Crippen molar-refractivity contribution in [1.29, 1.82) is 0 Å². The largest absolute Gasteiger partial charge is 0.496 e. The Balaban J connectivity index is 2.01. The number of methoxy groups -OCH3 is 1. The van der Waals surface area contributed by atoms with E-state index < -0.39 is 0 Å². The van der Waals surface area contributed by atoms with Crippen molar-refractivity contribution in [3.8, 4) is 5.75 Å². The summed E-state index contributed by atoms with van der Waals surface area (Å²) in [6.45, 7) is 0.486. The smallest absolute Gasteiger partial charge is 0.255 e. The molecular weight excluding hydrogens is 232 g/mol. The van der Waals surface area contributed by atoms with Crippen LogP contribution in [0.15, 0.2) is 24.3 Å². The Morgan fingerprint density at radius 3 is 2.89 bits per heavy atom. The van der Waals surface area contributed by atoms with Crippen LogP contribution in [-0.2, 0) is 4.79 Å². The normalized spacial score (nSPS) is 18.9. The van der Waals surface area contributed by atoms with Gasteiger partial charge in [-0.1, -0.05) is 12.1 Å². The summed E-state index contributed by atoms with van der Waals surface area (Å²) >= 11 is 0. The van der Waals surface area contributed by atoms with Gasteiger partial charge in [0.2, 0.25) is 5.91 Å². The van der Waals surface area contributed by atoms with Gasteiger partial charge in [-0.25, -0.2) is 0 Å². The van der Waals surface area contributed by atoms with Crippen molar-refractivity contribution in [2.75, 3.05) is 13.7 Å².